The van der Waals surface area contributed by atoms with Crippen molar-refractivity contribution in [3.8, 4) is 5.88 Å². The van der Waals surface area contributed by atoms with E-state index in [1.165, 1.54) is 5.56 Å². The van der Waals surface area contributed by atoms with Gasteiger partial charge in [-0.05, 0) is 30.5 Å². The average Bonchev–Trinajstić information content (AvgIpc) is 2.51. The predicted octanol–water partition coefficient (Wildman–Crippen LogP) is 1.91. The first-order valence-corrected chi connectivity index (χ1v) is 6.94. The van der Waals surface area contributed by atoms with Crippen LogP contribution in [0, 0.1) is 0 Å². The topological polar surface area (TPSA) is 51.1 Å². The maximum atomic E-state index is 5.84. The largest absolute Gasteiger partial charge is 0.473 e. The Kier molecular flexibility index (Phi) is 4.18. The van der Waals surface area contributed by atoms with Gasteiger partial charge in [0.05, 0.1) is 6.20 Å². The minimum atomic E-state index is 0.250. The Morgan fingerprint density at radius 1 is 1.05 bits per heavy atom. The molecule has 0 radical (unpaired) electrons. The van der Waals surface area contributed by atoms with Crippen LogP contribution >= 0.6 is 0 Å². The first kappa shape index (κ1) is 13.0. The second kappa shape index (κ2) is 6.43. The highest BCUT2D eigenvalue weighted by molar-refractivity contribution is 5.09. The average molecular weight is 270 g/mol. The van der Waals surface area contributed by atoms with Gasteiger partial charge in [-0.3, -0.25) is 14.9 Å². The Morgan fingerprint density at radius 2 is 1.85 bits per heavy atom. The number of pyridine rings is 1. The molecule has 0 aliphatic carbocycles. The van der Waals surface area contributed by atoms with Crippen LogP contribution in [0.25, 0.3) is 0 Å². The molecule has 0 N–H and O–H groups in total. The van der Waals surface area contributed by atoms with E-state index in [9.17, 15) is 0 Å². The molecule has 0 spiro atoms. The Hall–Kier alpha value is -2.01. The van der Waals surface area contributed by atoms with Gasteiger partial charge in [0, 0.05) is 44.4 Å². The van der Waals surface area contributed by atoms with E-state index in [-0.39, 0.29) is 6.10 Å². The molecule has 3 rings (SSSR count). The van der Waals surface area contributed by atoms with Gasteiger partial charge < -0.3 is 4.74 Å². The fourth-order valence-electron chi connectivity index (χ4n) is 2.45. The van der Waals surface area contributed by atoms with Crippen molar-refractivity contribution in [2.24, 2.45) is 0 Å². The van der Waals surface area contributed by atoms with Crippen molar-refractivity contribution in [1.29, 1.82) is 0 Å². The first-order chi connectivity index (χ1) is 9.90. The van der Waals surface area contributed by atoms with E-state index in [0.29, 0.717) is 5.88 Å². The summed E-state index contributed by atoms with van der Waals surface area (Å²) in [6, 6.07) is 4.14. The van der Waals surface area contributed by atoms with Crippen LogP contribution in [0.3, 0.4) is 0 Å². The Bertz CT molecular complexity index is 462. The van der Waals surface area contributed by atoms with Crippen molar-refractivity contribution in [2.75, 3.05) is 13.1 Å². The van der Waals surface area contributed by atoms with Gasteiger partial charge in [-0.15, -0.1) is 0 Å². The number of piperidine rings is 1. The summed E-state index contributed by atoms with van der Waals surface area (Å²) in [5.41, 5.74) is 1.31. The second-order valence-electron chi connectivity index (χ2n) is 4.99. The van der Waals surface area contributed by atoms with Crippen LogP contribution < -0.4 is 4.74 Å². The van der Waals surface area contributed by atoms with Crippen LogP contribution in [0.5, 0.6) is 5.88 Å². The Morgan fingerprint density at radius 3 is 2.55 bits per heavy atom. The molecule has 2 aromatic rings. The molecule has 0 unspecified atom stereocenters. The normalized spacial score (nSPS) is 17.0. The molecule has 104 valence electrons. The van der Waals surface area contributed by atoms with E-state index < -0.39 is 0 Å². The van der Waals surface area contributed by atoms with Gasteiger partial charge in [-0.25, -0.2) is 4.98 Å². The van der Waals surface area contributed by atoms with E-state index in [1.54, 1.807) is 18.6 Å². The van der Waals surface area contributed by atoms with Crippen molar-refractivity contribution in [1.82, 2.24) is 19.9 Å². The number of hydrogen-bond acceptors (Lipinski definition) is 5. The molecule has 1 aliphatic heterocycles. The zero-order valence-corrected chi connectivity index (χ0v) is 11.4. The molecule has 0 aromatic carbocycles. The maximum absolute atomic E-state index is 5.84. The third-order valence-corrected chi connectivity index (χ3v) is 3.52. The van der Waals surface area contributed by atoms with Crippen LogP contribution in [0.2, 0.25) is 0 Å². The molecule has 20 heavy (non-hydrogen) atoms. The van der Waals surface area contributed by atoms with Gasteiger partial charge in [-0.1, -0.05) is 0 Å². The monoisotopic (exact) mass is 270 g/mol. The molecule has 0 bridgehead atoms. The molecule has 2 aromatic heterocycles. The van der Waals surface area contributed by atoms with Gasteiger partial charge in [0.2, 0.25) is 5.88 Å². The van der Waals surface area contributed by atoms with Gasteiger partial charge in [0.1, 0.15) is 6.10 Å². The smallest absolute Gasteiger partial charge is 0.232 e. The first-order valence-electron chi connectivity index (χ1n) is 6.94. The summed E-state index contributed by atoms with van der Waals surface area (Å²) in [5, 5.41) is 0. The summed E-state index contributed by atoms with van der Waals surface area (Å²) in [5.74, 6) is 0.625. The van der Waals surface area contributed by atoms with E-state index in [1.807, 2.05) is 12.4 Å². The predicted molar refractivity (Wildman–Crippen MR) is 75.2 cm³/mol. The quantitative estimate of drug-likeness (QED) is 0.849. The number of nitrogens with zero attached hydrogens (tertiary/aromatic N) is 4. The third-order valence-electron chi connectivity index (χ3n) is 3.52. The maximum Gasteiger partial charge on any atom is 0.232 e. The van der Waals surface area contributed by atoms with Gasteiger partial charge in [0.25, 0.3) is 0 Å². The van der Waals surface area contributed by atoms with Crippen LogP contribution in [0.15, 0.2) is 43.1 Å². The highest BCUT2D eigenvalue weighted by Gasteiger charge is 2.20. The lowest BCUT2D eigenvalue weighted by Gasteiger charge is -2.31. The van der Waals surface area contributed by atoms with E-state index in [4.69, 9.17) is 4.74 Å². The standard InChI is InChI=1S/C15H18N4O/c1-5-16-6-2-13(1)12-19-9-3-14(4-10-19)20-15-11-17-7-8-18-15/h1-2,5-8,11,14H,3-4,9-10,12H2. The molecule has 5 heteroatoms. The molecule has 5 nitrogen and oxygen atoms in total. The number of aromatic nitrogens is 3. The molecule has 1 aliphatic rings. The van der Waals surface area contributed by atoms with Crippen LogP contribution in [-0.4, -0.2) is 39.0 Å². The van der Waals surface area contributed by atoms with E-state index >= 15 is 0 Å². The van der Waals surface area contributed by atoms with Crippen molar-refractivity contribution in [3.63, 3.8) is 0 Å². The summed E-state index contributed by atoms with van der Waals surface area (Å²) in [6.45, 7) is 3.08. The highest BCUT2D eigenvalue weighted by atomic mass is 16.5. The third kappa shape index (κ3) is 3.51. The second-order valence-corrected chi connectivity index (χ2v) is 4.99. The van der Waals surface area contributed by atoms with Gasteiger partial charge >= 0.3 is 0 Å². The summed E-state index contributed by atoms with van der Waals surface area (Å²) in [7, 11) is 0. The molecule has 0 atom stereocenters. The van der Waals surface area contributed by atoms with E-state index in [0.717, 1.165) is 32.5 Å². The number of ether oxygens (including phenoxy) is 1. The van der Waals surface area contributed by atoms with Crippen molar-refractivity contribution in [3.05, 3.63) is 48.7 Å². The van der Waals surface area contributed by atoms with Crippen molar-refractivity contribution < 1.29 is 4.74 Å². The zero-order valence-electron chi connectivity index (χ0n) is 11.4. The lowest BCUT2D eigenvalue weighted by atomic mass is 10.1. The molecule has 1 saturated heterocycles. The number of rotatable bonds is 4. The molecule has 3 heterocycles. The van der Waals surface area contributed by atoms with Crippen molar-refractivity contribution >= 4 is 0 Å². The van der Waals surface area contributed by atoms with E-state index in [2.05, 4.69) is 32.0 Å². The fourth-order valence-corrected chi connectivity index (χ4v) is 2.45. The van der Waals surface area contributed by atoms with Gasteiger partial charge in [-0.2, -0.15) is 0 Å². The zero-order chi connectivity index (χ0) is 13.6. The molecule has 0 saturated carbocycles. The number of hydrogen-bond donors (Lipinski definition) is 0. The fraction of sp³-hybridized carbons (Fsp3) is 0.400. The lowest BCUT2D eigenvalue weighted by Crippen LogP contribution is -2.37. The van der Waals surface area contributed by atoms with Crippen LogP contribution in [0.1, 0.15) is 18.4 Å². The van der Waals surface area contributed by atoms with Crippen LogP contribution in [-0.2, 0) is 6.54 Å². The molecular formula is C15H18N4O. The molecule has 1 fully saturated rings. The highest BCUT2D eigenvalue weighted by Crippen LogP contribution is 2.17. The van der Waals surface area contributed by atoms with Crippen molar-refractivity contribution in [2.45, 2.75) is 25.5 Å². The minimum Gasteiger partial charge on any atom is -0.473 e. The number of likely N-dealkylation sites (tertiary alicyclic amines) is 1. The summed E-state index contributed by atoms with van der Waals surface area (Å²) < 4.78 is 5.84. The van der Waals surface area contributed by atoms with Crippen LogP contribution in [0.4, 0.5) is 0 Å². The Labute approximate surface area is 118 Å². The van der Waals surface area contributed by atoms with Gasteiger partial charge in [0.15, 0.2) is 0 Å². The summed E-state index contributed by atoms with van der Waals surface area (Å²) in [4.78, 5) is 14.7. The summed E-state index contributed by atoms with van der Waals surface area (Å²) in [6.07, 6.45) is 11.0. The lowest BCUT2D eigenvalue weighted by molar-refractivity contribution is 0.0928. The Balaban J connectivity index is 1.47. The summed E-state index contributed by atoms with van der Waals surface area (Å²) >= 11 is 0. The molecular weight excluding hydrogens is 252 g/mol. The molecule has 0 amide bonds. The SMILES string of the molecule is c1cc(CN2CCC(Oc3cnccn3)CC2)ccn1. The minimum absolute atomic E-state index is 0.250.